The van der Waals surface area contributed by atoms with Gasteiger partial charge in [0.2, 0.25) is 10.0 Å². The number of carbonyl (C=O) groups is 1. The van der Waals surface area contributed by atoms with Crippen LogP contribution in [0.5, 0.6) is 0 Å². The Morgan fingerprint density at radius 3 is 2.57 bits per heavy atom. The van der Waals surface area contributed by atoms with Crippen molar-refractivity contribution in [1.82, 2.24) is 4.98 Å². The van der Waals surface area contributed by atoms with E-state index in [0.29, 0.717) is 28.4 Å². The number of anilines is 2. The molecule has 4 aromatic carbocycles. The Hall–Kier alpha value is -3.59. The zero-order valence-corrected chi connectivity index (χ0v) is 20.7. The molecule has 1 aliphatic heterocycles. The monoisotopic (exact) mass is 499 g/mol. The van der Waals surface area contributed by atoms with Crippen LogP contribution in [0.3, 0.4) is 0 Å². The molecule has 0 saturated carbocycles. The summed E-state index contributed by atoms with van der Waals surface area (Å²) in [6.45, 7) is 4.12. The normalized spacial score (nSPS) is 13.3. The summed E-state index contributed by atoms with van der Waals surface area (Å²) >= 11 is 1.65. The van der Waals surface area contributed by atoms with Gasteiger partial charge in [-0.05, 0) is 73.0 Å². The molecule has 0 fully saturated rings. The summed E-state index contributed by atoms with van der Waals surface area (Å²) in [7, 11) is -3.93. The molecule has 1 aromatic heterocycles. The third-order valence-electron chi connectivity index (χ3n) is 6.45. The summed E-state index contributed by atoms with van der Waals surface area (Å²) in [5, 5.41) is 7.44. The third-order valence-corrected chi connectivity index (χ3v) is 8.49. The molecule has 0 aliphatic carbocycles. The van der Waals surface area contributed by atoms with E-state index in [1.165, 1.54) is 11.6 Å². The van der Waals surface area contributed by atoms with Gasteiger partial charge in [-0.2, -0.15) is 0 Å². The van der Waals surface area contributed by atoms with Gasteiger partial charge in [-0.25, -0.2) is 18.5 Å². The SMILES string of the molecule is CCc1cc(-c2nc3ccc(C)cc3s2)ccc1N1C(=O)c2cccc3c(S(N)(=O)=O)ccc1c23. The Balaban J connectivity index is 1.50. The number of aryl methyl sites for hydroxylation is 2. The average molecular weight is 500 g/mol. The fourth-order valence-electron chi connectivity index (χ4n) is 4.82. The number of nitrogens with two attached hydrogens (primary N) is 1. The Morgan fingerprint density at radius 2 is 1.80 bits per heavy atom. The first kappa shape index (κ1) is 21.9. The van der Waals surface area contributed by atoms with E-state index in [0.717, 1.165) is 32.0 Å². The lowest BCUT2D eigenvalue weighted by Gasteiger charge is -2.22. The average Bonchev–Trinajstić information content (AvgIpc) is 3.38. The van der Waals surface area contributed by atoms with Crippen molar-refractivity contribution in [1.29, 1.82) is 0 Å². The second-order valence-electron chi connectivity index (χ2n) is 8.68. The lowest BCUT2D eigenvalue weighted by atomic mass is 10.0. The lowest BCUT2D eigenvalue weighted by molar-refractivity contribution is 0.100. The summed E-state index contributed by atoms with van der Waals surface area (Å²) in [4.78, 5) is 20.0. The minimum atomic E-state index is -3.93. The van der Waals surface area contributed by atoms with Gasteiger partial charge in [0.1, 0.15) is 5.01 Å². The van der Waals surface area contributed by atoms with Crippen molar-refractivity contribution >= 4 is 59.6 Å². The first-order chi connectivity index (χ1) is 16.8. The predicted octanol–water partition coefficient (Wildman–Crippen LogP) is 5.93. The smallest absolute Gasteiger partial charge is 0.263 e. The van der Waals surface area contributed by atoms with Crippen molar-refractivity contribution in [3.8, 4) is 10.6 Å². The highest BCUT2D eigenvalue weighted by atomic mass is 32.2. The maximum atomic E-state index is 13.5. The van der Waals surface area contributed by atoms with Gasteiger partial charge in [0.25, 0.3) is 5.91 Å². The highest BCUT2D eigenvalue weighted by molar-refractivity contribution is 7.89. The van der Waals surface area contributed by atoms with E-state index in [1.807, 2.05) is 18.2 Å². The number of benzene rings is 4. The molecular weight excluding hydrogens is 478 g/mol. The molecule has 174 valence electrons. The Kier molecular flexibility index (Phi) is 4.83. The van der Waals surface area contributed by atoms with Crippen molar-refractivity contribution in [2.75, 3.05) is 4.90 Å². The molecule has 0 unspecified atom stereocenters. The Morgan fingerprint density at radius 1 is 1.00 bits per heavy atom. The molecule has 5 aromatic rings. The molecule has 1 aliphatic rings. The van der Waals surface area contributed by atoms with Gasteiger partial charge in [0, 0.05) is 16.3 Å². The molecule has 0 bridgehead atoms. The zero-order chi connectivity index (χ0) is 24.5. The Labute approximate surface area is 206 Å². The number of sulfonamides is 1. The number of aromatic nitrogens is 1. The van der Waals surface area contributed by atoms with E-state index < -0.39 is 10.0 Å². The standard InChI is InChI=1S/C27H21N3O3S2/c1-3-16-14-17(26-29-20-9-7-15(2)13-23(20)34-26)8-10-21(16)30-22-11-12-24(35(28,32)33)18-5-4-6-19(25(18)22)27(30)31/h4-14H,3H2,1-2H3,(H2,28,32,33). The zero-order valence-electron chi connectivity index (χ0n) is 19.1. The molecule has 0 atom stereocenters. The predicted molar refractivity (Wildman–Crippen MR) is 141 cm³/mol. The van der Waals surface area contributed by atoms with Gasteiger partial charge in [0.15, 0.2) is 0 Å². The van der Waals surface area contributed by atoms with Gasteiger partial charge < -0.3 is 0 Å². The summed E-state index contributed by atoms with van der Waals surface area (Å²) in [6.07, 6.45) is 0.714. The molecule has 6 nitrogen and oxygen atoms in total. The topological polar surface area (TPSA) is 93.4 Å². The number of rotatable bonds is 4. The quantitative estimate of drug-likeness (QED) is 0.332. The van der Waals surface area contributed by atoms with Crippen molar-refractivity contribution in [2.24, 2.45) is 5.14 Å². The second-order valence-corrected chi connectivity index (χ2v) is 11.2. The minimum Gasteiger partial charge on any atom is -0.276 e. The third kappa shape index (κ3) is 3.36. The number of hydrogen-bond donors (Lipinski definition) is 1. The number of primary sulfonamides is 1. The van der Waals surface area contributed by atoms with Crippen LogP contribution in [-0.2, 0) is 16.4 Å². The maximum absolute atomic E-state index is 13.5. The number of carbonyl (C=O) groups excluding carboxylic acids is 1. The van der Waals surface area contributed by atoms with Crippen LogP contribution in [0.25, 0.3) is 31.6 Å². The van der Waals surface area contributed by atoms with Crippen LogP contribution < -0.4 is 10.0 Å². The molecule has 0 spiro atoms. The molecular formula is C27H21N3O3S2. The van der Waals surface area contributed by atoms with Crippen LogP contribution in [0, 0.1) is 6.92 Å². The van der Waals surface area contributed by atoms with Gasteiger partial charge in [-0.15, -0.1) is 11.3 Å². The summed E-state index contributed by atoms with van der Waals surface area (Å²) in [5.41, 5.74) is 6.08. The van der Waals surface area contributed by atoms with Crippen molar-refractivity contribution < 1.29 is 13.2 Å². The summed E-state index contributed by atoms with van der Waals surface area (Å²) in [5.74, 6) is -0.185. The van der Waals surface area contributed by atoms with E-state index in [4.69, 9.17) is 10.1 Å². The number of fused-ring (bicyclic) bond motifs is 1. The molecule has 8 heteroatoms. The largest absolute Gasteiger partial charge is 0.276 e. The lowest BCUT2D eigenvalue weighted by Crippen LogP contribution is -2.22. The van der Waals surface area contributed by atoms with Crippen LogP contribution >= 0.6 is 11.3 Å². The van der Waals surface area contributed by atoms with Crippen molar-refractivity contribution in [2.45, 2.75) is 25.2 Å². The van der Waals surface area contributed by atoms with Gasteiger partial charge >= 0.3 is 0 Å². The van der Waals surface area contributed by atoms with Crippen LogP contribution in [0.4, 0.5) is 11.4 Å². The molecule has 6 rings (SSSR count). The molecule has 2 N–H and O–H groups in total. The first-order valence-electron chi connectivity index (χ1n) is 11.2. The number of hydrogen-bond acceptors (Lipinski definition) is 5. The van der Waals surface area contributed by atoms with Crippen molar-refractivity contribution in [3.63, 3.8) is 0 Å². The van der Waals surface area contributed by atoms with Gasteiger partial charge in [-0.1, -0.05) is 25.1 Å². The van der Waals surface area contributed by atoms with Gasteiger partial charge in [0.05, 0.1) is 32.1 Å². The van der Waals surface area contributed by atoms with E-state index in [1.54, 1.807) is 40.5 Å². The first-order valence-corrected chi connectivity index (χ1v) is 13.6. The highest BCUT2D eigenvalue weighted by Crippen LogP contribution is 2.45. The minimum absolute atomic E-state index is 0.0184. The van der Waals surface area contributed by atoms with Crippen LogP contribution in [0.2, 0.25) is 0 Å². The fourth-order valence-corrected chi connectivity index (χ4v) is 6.61. The van der Waals surface area contributed by atoms with Crippen LogP contribution in [0.1, 0.15) is 28.4 Å². The molecule has 1 amide bonds. The van der Waals surface area contributed by atoms with Crippen LogP contribution in [0.15, 0.2) is 71.6 Å². The van der Waals surface area contributed by atoms with E-state index in [9.17, 15) is 13.2 Å². The number of nitrogens with zero attached hydrogens (tertiary/aromatic N) is 2. The molecule has 0 saturated heterocycles. The highest BCUT2D eigenvalue weighted by Gasteiger charge is 2.33. The Bertz CT molecular complexity index is 1810. The maximum Gasteiger partial charge on any atom is 0.263 e. The summed E-state index contributed by atoms with van der Waals surface area (Å²) < 4.78 is 25.4. The number of thiazole rings is 1. The van der Waals surface area contributed by atoms with Crippen LogP contribution in [-0.4, -0.2) is 19.3 Å². The molecule has 0 radical (unpaired) electrons. The van der Waals surface area contributed by atoms with Gasteiger partial charge in [-0.3, -0.25) is 9.69 Å². The summed E-state index contributed by atoms with van der Waals surface area (Å²) in [6, 6.07) is 20.5. The molecule has 35 heavy (non-hydrogen) atoms. The molecule has 2 heterocycles. The van der Waals surface area contributed by atoms with E-state index in [2.05, 4.69) is 32.0 Å². The second kappa shape index (κ2) is 7.71. The van der Waals surface area contributed by atoms with E-state index >= 15 is 0 Å². The fraction of sp³-hybridized carbons (Fsp3) is 0.111. The van der Waals surface area contributed by atoms with E-state index in [-0.39, 0.29) is 10.8 Å². The number of amides is 1. The van der Waals surface area contributed by atoms with Crippen molar-refractivity contribution in [3.05, 3.63) is 83.4 Å².